The molecule has 0 fully saturated rings. The first kappa shape index (κ1) is 37.7. The van der Waals surface area contributed by atoms with Crippen LogP contribution in [0.25, 0.3) is 11.1 Å². The van der Waals surface area contributed by atoms with E-state index in [1.807, 2.05) is 97.1 Å². The largest absolute Gasteiger partial charge is 0.497 e. The van der Waals surface area contributed by atoms with E-state index in [4.69, 9.17) is 30.4 Å². The molecule has 1 aliphatic rings. The van der Waals surface area contributed by atoms with Gasteiger partial charge in [0.05, 0.1) is 20.3 Å². The zero-order valence-electron chi connectivity index (χ0n) is 31.2. The SMILES string of the molecule is COc1ccc(C(NC(=O)OCC2c3ccccc3-c3ccccc32)N(C(=O)COc2ccccc2)C(N)c2ccc(C(N)c3ccccc3)cc2)c(OC)c1. The Kier molecular flexibility index (Phi) is 11.6. The minimum atomic E-state index is -1.18. The average Bonchev–Trinajstić information content (AvgIpc) is 3.58. The van der Waals surface area contributed by atoms with E-state index in [-0.39, 0.29) is 25.2 Å². The molecule has 7 rings (SSSR count). The van der Waals surface area contributed by atoms with E-state index in [9.17, 15) is 9.59 Å². The molecule has 0 spiro atoms. The maximum atomic E-state index is 14.5. The van der Waals surface area contributed by atoms with E-state index in [1.165, 1.54) is 12.0 Å². The molecule has 3 unspecified atom stereocenters. The molecule has 6 aromatic rings. The summed E-state index contributed by atoms with van der Waals surface area (Å²) in [7, 11) is 3.04. The van der Waals surface area contributed by atoms with E-state index < -0.39 is 24.3 Å². The quantitative estimate of drug-likeness (QED) is 0.0958. The summed E-state index contributed by atoms with van der Waals surface area (Å²) in [5.41, 5.74) is 20.9. The van der Waals surface area contributed by atoms with Crippen LogP contribution in [0, 0.1) is 0 Å². The molecule has 0 saturated carbocycles. The Balaban J connectivity index is 1.22. The molecule has 0 aromatic heterocycles. The lowest BCUT2D eigenvalue weighted by Crippen LogP contribution is -2.50. The summed E-state index contributed by atoms with van der Waals surface area (Å²) < 4.78 is 23.2. The summed E-state index contributed by atoms with van der Waals surface area (Å²) in [5, 5.41) is 2.97. The van der Waals surface area contributed by atoms with Gasteiger partial charge in [-0.2, -0.15) is 0 Å². The van der Waals surface area contributed by atoms with Gasteiger partial charge in [-0.05, 0) is 63.2 Å². The zero-order chi connectivity index (χ0) is 39.0. The molecular weight excluding hydrogens is 705 g/mol. The number of hydrogen-bond donors (Lipinski definition) is 3. The van der Waals surface area contributed by atoms with Crippen molar-refractivity contribution >= 4 is 12.0 Å². The molecule has 0 heterocycles. The van der Waals surface area contributed by atoms with E-state index in [0.29, 0.717) is 28.4 Å². The van der Waals surface area contributed by atoms with Crippen molar-refractivity contribution in [2.75, 3.05) is 27.4 Å². The molecule has 2 amide bonds. The summed E-state index contributed by atoms with van der Waals surface area (Å²) in [6, 6.07) is 47.2. The van der Waals surface area contributed by atoms with Gasteiger partial charge in [0.1, 0.15) is 36.2 Å². The van der Waals surface area contributed by atoms with Crippen molar-refractivity contribution in [3.05, 3.63) is 185 Å². The molecule has 0 saturated heterocycles. The van der Waals surface area contributed by atoms with Crippen molar-refractivity contribution in [2.24, 2.45) is 11.5 Å². The van der Waals surface area contributed by atoms with Gasteiger partial charge < -0.3 is 30.4 Å². The van der Waals surface area contributed by atoms with Crippen molar-refractivity contribution in [1.82, 2.24) is 10.2 Å². The normalized spacial score (nSPS) is 13.4. The average molecular weight is 749 g/mol. The Morgan fingerprint density at radius 1 is 0.661 bits per heavy atom. The fraction of sp³-hybridized carbons (Fsp3) is 0.174. The fourth-order valence-corrected chi connectivity index (χ4v) is 7.20. The molecule has 3 atom stereocenters. The summed E-state index contributed by atoms with van der Waals surface area (Å²) in [5.74, 6) is 0.684. The molecule has 6 aromatic carbocycles. The standard InChI is InChI=1S/C46H44N4O6/c1-53-34-25-26-39(41(27-34)54-2)45(49-46(52)56-28-40-37-19-11-9-17-35(37)36-18-10-12-20-38(36)40)50(42(51)29-55-33-15-7-4-8-16-33)44(48)32-23-21-31(22-24-32)43(47)30-13-5-3-6-14-30/h3-27,40,43-45H,28-29,47-48H2,1-2H3,(H,49,52). The van der Waals surface area contributed by atoms with Crippen LogP contribution < -0.4 is 31.0 Å². The molecule has 10 heteroatoms. The van der Waals surface area contributed by atoms with Crippen molar-refractivity contribution in [3.8, 4) is 28.4 Å². The molecule has 1 aliphatic carbocycles. The number of para-hydroxylation sites is 1. The molecule has 0 bridgehead atoms. The maximum absolute atomic E-state index is 14.5. The van der Waals surface area contributed by atoms with E-state index in [1.54, 1.807) is 37.4 Å². The highest BCUT2D eigenvalue weighted by Crippen LogP contribution is 2.44. The number of methoxy groups -OCH3 is 2. The van der Waals surface area contributed by atoms with Gasteiger partial charge in [0.15, 0.2) is 6.61 Å². The van der Waals surface area contributed by atoms with E-state index in [2.05, 4.69) is 29.6 Å². The van der Waals surface area contributed by atoms with Crippen LogP contribution in [0.2, 0.25) is 0 Å². The van der Waals surface area contributed by atoms with Crippen molar-refractivity contribution in [1.29, 1.82) is 0 Å². The zero-order valence-corrected chi connectivity index (χ0v) is 31.2. The third kappa shape index (κ3) is 8.07. The third-order valence-electron chi connectivity index (χ3n) is 10.1. The number of amides is 2. The number of nitrogens with two attached hydrogens (primary N) is 2. The summed E-state index contributed by atoms with van der Waals surface area (Å²) >= 11 is 0. The Bertz CT molecular complexity index is 2220. The van der Waals surface area contributed by atoms with Gasteiger partial charge in [-0.3, -0.25) is 15.0 Å². The first-order chi connectivity index (χ1) is 27.4. The fourth-order valence-electron chi connectivity index (χ4n) is 7.20. The Labute approximate surface area is 326 Å². The van der Waals surface area contributed by atoms with Crippen LogP contribution >= 0.6 is 0 Å². The smallest absolute Gasteiger partial charge is 0.409 e. The predicted molar refractivity (Wildman–Crippen MR) is 215 cm³/mol. The van der Waals surface area contributed by atoms with Crippen LogP contribution in [0.1, 0.15) is 57.7 Å². The van der Waals surface area contributed by atoms with Crippen LogP contribution in [0.5, 0.6) is 17.2 Å². The number of rotatable bonds is 14. The number of hydrogen-bond acceptors (Lipinski definition) is 8. The molecule has 5 N–H and O–H groups in total. The molecule has 284 valence electrons. The highest BCUT2D eigenvalue weighted by Gasteiger charge is 2.36. The van der Waals surface area contributed by atoms with Gasteiger partial charge in [-0.25, -0.2) is 4.79 Å². The predicted octanol–water partition coefficient (Wildman–Crippen LogP) is 7.85. The molecule has 0 aliphatic heterocycles. The van der Waals surface area contributed by atoms with Crippen LogP contribution in [-0.2, 0) is 9.53 Å². The maximum Gasteiger partial charge on any atom is 0.409 e. The second kappa shape index (κ2) is 17.2. The lowest BCUT2D eigenvalue weighted by atomic mass is 9.98. The minimum absolute atomic E-state index is 0.0621. The highest BCUT2D eigenvalue weighted by molar-refractivity contribution is 5.81. The van der Waals surface area contributed by atoms with Crippen LogP contribution in [0.3, 0.4) is 0 Å². The minimum Gasteiger partial charge on any atom is -0.497 e. The van der Waals surface area contributed by atoms with E-state index in [0.717, 1.165) is 33.4 Å². The number of benzene rings is 6. The Morgan fingerprint density at radius 2 is 1.23 bits per heavy atom. The molecular formula is C46H44N4O6. The first-order valence-electron chi connectivity index (χ1n) is 18.3. The number of carbonyl (C=O) groups excluding carboxylic acids is 2. The summed E-state index contributed by atoms with van der Waals surface area (Å²) in [6.07, 6.45) is -3.01. The number of ether oxygens (including phenoxy) is 4. The van der Waals surface area contributed by atoms with Gasteiger partial charge in [-0.15, -0.1) is 0 Å². The van der Waals surface area contributed by atoms with Crippen molar-refractivity contribution < 1.29 is 28.5 Å². The molecule has 10 nitrogen and oxygen atoms in total. The number of fused-ring (bicyclic) bond motifs is 3. The monoisotopic (exact) mass is 748 g/mol. The number of nitrogens with one attached hydrogen (secondary N) is 1. The van der Waals surface area contributed by atoms with Gasteiger partial charge in [0, 0.05) is 17.5 Å². The van der Waals surface area contributed by atoms with E-state index >= 15 is 0 Å². The summed E-state index contributed by atoms with van der Waals surface area (Å²) in [4.78, 5) is 29.9. The lowest BCUT2D eigenvalue weighted by Gasteiger charge is -2.37. The van der Waals surface area contributed by atoms with Gasteiger partial charge in [0.25, 0.3) is 5.91 Å². The van der Waals surface area contributed by atoms with Crippen LogP contribution in [-0.4, -0.2) is 44.3 Å². The van der Waals surface area contributed by atoms with Crippen molar-refractivity contribution in [3.63, 3.8) is 0 Å². The highest BCUT2D eigenvalue weighted by atomic mass is 16.5. The topological polar surface area (TPSA) is 138 Å². The third-order valence-corrected chi connectivity index (χ3v) is 10.1. The molecule has 56 heavy (non-hydrogen) atoms. The van der Waals surface area contributed by atoms with Crippen LogP contribution in [0.15, 0.2) is 152 Å². The number of nitrogens with zero attached hydrogens (tertiary/aromatic N) is 1. The second-order valence-electron chi connectivity index (χ2n) is 13.4. The molecule has 0 radical (unpaired) electrons. The first-order valence-corrected chi connectivity index (χ1v) is 18.3. The Hall–Kier alpha value is -6.62. The van der Waals surface area contributed by atoms with Crippen molar-refractivity contribution in [2.45, 2.75) is 24.3 Å². The number of alkyl carbamates (subject to hydrolysis) is 1. The second-order valence-corrected chi connectivity index (χ2v) is 13.4. The Morgan fingerprint density at radius 3 is 1.86 bits per heavy atom. The van der Waals surface area contributed by atoms with Gasteiger partial charge in [0.2, 0.25) is 0 Å². The van der Waals surface area contributed by atoms with Gasteiger partial charge in [-0.1, -0.05) is 121 Å². The number of carbonyl (C=O) groups is 2. The van der Waals surface area contributed by atoms with Gasteiger partial charge >= 0.3 is 6.09 Å². The lowest BCUT2D eigenvalue weighted by molar-refractivity contribution is -0.139. The summed E-state index contributed by atoms with van der Waals surface area (Å²) in [6.45, 7) is -0.317. The van der Waals surface area contributed by atoms with Crippen LogP contribution in [0.4, 0.5) is 4.79 Å².